The fraction of sp³-hybridized carbons (Fsp3) is 0.744. The van der Waals surface area contributed by atoms with Crippen LogP contribution in [0.5, 0.6) is 0 Å². The van der Waals surface area contributed by atoms with Gasteiger partial charge in [0.15, 0.2) is 6.29 Å². The van der Waals surface area contributed by atoms with Gasteiger partial charge >= 0.3 is 0 Å². The lowest BCUT2D eigenvalue weighted by atomic mass is 9.99. The number of aliphatic hydroxyl groups is 5. The Hall–Kier alpha value is -3.41. The van der Waals surface area contributed by atoms with Crippen LogP contribution in [-0.2, 0) is 14.3 Å². The third-order valence-corrected chi connectivity index (χ3v) is 17.6. The van der Waals surface area contributed by atoms with E-state index in [0.29, 0.717) is 12.8 Å². The van der Waals surface area contributed by atoms with Crippen LogP contribution in [0.4, 0.5) is 0 Å². The molecule has 0 aliphatic carbocycles. The summed E-state index contributed by atoms with van der Waals surface area (Å²) < 4.78 is 11.4. The van der Waals surface area contributed by atoms with Gasteiger partial charge in [-0.25, -0.2) is 0 Å². The number of nitrogens with one attached hydrogen (secondary N) is 1. The fourth-order valence-electron chi connectivity index (χ4n) is 11.7. The van der Waals surface area contributed by atoms with Gasteiger partial charge in [-0.1, -0.05) is 360 Å². The molecule has 9 nitrogen and oxygen atoms in total. The maximum Gasteiger partial charge on any atom is 0.220 e. The molecular weight excluding hydrogens is 1130 g/mol. The van der Waals surface area contributed by atoms with Crippen LogP contribution in [0, 0.1) is 0 Å². The van der Waals surface area contributed by atoms with Crippen LogP contribution >= 0.6 is 0 Å². The molecule has 1 rings (SSSR count). The number of aliphatic hydroxyl groups excluding tert-OH is 5. The normalized spacial score (nSPS) is 18.4. The molecule has 1 amide bonds. The number of hydrogen-bond donors (Lipinski definition) is 6. The fourth-order valence-corrected chi connectivity index (χ4v) is 11.7. The van der Waals surface area contributed by atoms with Crippen LogP contribution in [0.3, 0.4) is 0 Å². The summed E-state index contributed by atoms with van der Waals surface area (Å²) in [6, 6.07) is -0.734. The number of ether oxygens (including phenoxy) is 2. The highest BCUT2D eigenvalue weighted by Crippen LogP contribution is 2.24. The number of allylic oxidation sites excluding steroid dienone is 20. The lowest BCUT2D eigenvalue weighted by Gasteiger charge is -2.40. The van der Waals surface area contributed by atoms with Crippen molar-refractivity contribution in [2.24, 2.45) is 0 Å². The summed E-state index contributed by atoms with van der Waals surface area (Å²) in [5, 5.41) is 55.0. The van der Waals surface area contributed by atoms with Crippen LogP contribution in [0.15, 0.2) is 122 Å². The third-order valence-electron chi connectivity index (χ3n) is 17.6. The highest BCUT2D eigenvalue weighted by molar-refractivity contribution is 5.76. The second kappa shape index (κ2) is 69.4. The molecule has 1 heterocycles. The van der Waals surface area contributed by atoms with Crippen molar-refractivity contribution in [1.29, 1.82) is 0 Å². The van der Waals surface area contributed by atoms with Gasteiger partial charge in [0.05, 0.1) is 25.4 Å². The van der Waals surface area contributed by atoms with E-state index in [4.69, 9.17) is 9.47 Å². The van der Waals surface area contributed by atoms with Crippen molar-refractivity contribution in [3.63, 3.8) is 0 Å². The van der Waals surface area contributed by atoms with E-state index >= 15 is 0 Å². The lowest BCUT2D eigenvalue weighted by Crippen LogP contribution is -2.60. The Balaban J connectivity index is 2.12. The molecule has 1 saturated heterocycles. The summed E-state index contributed by atoms with van der Waals surface area (Å²) in [7, 11) is 0. The molecule has 6 N–H and O–H groups in total. The number of unbranched alkanes of at least 4 members (excludes halogenated alkanes) is 36. The summed E-state index contributed by atoms with van der Waals surface area (Å²) in [6.07, 6.45) is 97.0. The first-order chi connectivity index (χ1) is 44.8. The van der Waals surface area contributed by atoms with Gasteiger partial charge in [0, 0.05) is 6.42 Å². The van der Waals surface area contributed by atoms with Crippen molar-refractivity contribution >= 4 is 5.91 Å². The topological polar surface area (TPSA) is 149 Å². The van der Waals surface area contributed by atoms with Crippen LogP contribution in [0.25, 0.3) is 0 Å². The first kappa shape index (κ1) is 85.6. The smallest absolute Gasteiger partial charge is 0.220 e. The molecule has 0 bridgehead atoms. The highest BCUT2D eigenvalue weighted by Gasteiger charge is 2.44. The number of carbonyl (C=O) groups excluding carboxylic acids is 1. The summed E-state index contributed by atoms with van der Waals surface area (Å²) in [6.45, 7) is 3.75. The van der Waals surface area contributed by atoms with E-state index in [2.05, 4.69) is 141 Å². The summed E-state index contributed by atoms with van der Waals surface area (Å²) in [5.41, 5.74) is 0. The maximum atomic E-state index is 13.2. The minimum Gasteiger partial charge on any atom is -0.394 e. The van der Waals surface area contributed by atoms with Gasteiger partial charge < -0.3 is 40.3 Å². The zero-order valence-corrected chi connectivity index (χ0v) is 58.8. The Morgan fingerprint density at radius 3 is 1.01 bits per heavy atom. The van der Waals surface area contributed by atoms with Crippen molar-refractivity contribution in [1.82, 2.24) is 5.32 Å². The zero-order valence-electron chi connectivity index (χ0n) is 58.8. The molecule has 524 valence electrons. The van der Waals surface area contributed by atoms with Crippen molar-refractivity contribution in [2.45, 2.75) is 378 Å². The number of amides is 1. The van der Waals surface area contributed by atoms with E-state index in [1.165, 1.54) is 193 Å². The maximum absolute atomic E-state index is 13.2. The van der Waals surface area contributed by atoms with Gasteiger partial charge in [0.2, 0.25) is 5.91 Å². The molecule has 7 atom stereocenters. The molecule has 0 aromatic heterocycles. The van der Waals surface area contributed by atoms with E-state index in [1.807, 2.05) is 0 Å². The van der Waals surface area contributed by atoms with Gasteiger partial charge in [-0.05, 0) is 89.9 Å². The van der Waals surface area contributed by atoms with Gasteiger partial charge in [0.25, 0.3) is 0 Å². The standard InChI is InChI=1S/C82H143NO8/c1-3-5-7-9-11-13-15-17-19-21-23-25-27-29-31-33-34-35-36-37-38-39-40-41-42-44-46-48-50-52-54-56-58-60-62-64-66-68-70-72-78(86)83-75(74-90-82-81(89)80(88)79(87)77(73-84)91-82)76(85)71-69-67-65-63-61-59-57-55-53-51-49-47-45-43-32-30-28-26-24-22-20-18-16-14-12-10-8-6-4-2/h5,7,11,13,17,19,23,25,29,31,34-35,37-38,40-41,44,46,50,52,75-77,79-82,84-85,87-89H,3-4,6,8-10,12,14-16,18,20-22,24,26-28,30,32-33,36,39,42-43,45,47-49,51,53-74H2,1-2H3,(H,83,86)/b7-5-,13-11-,19-17-,25-23-,31-29-,35-34-,38-37-,41-40-,46-44-,52-50-. The number of carbonyl (C=O) groups is 1. The Labute approximate surface area is 560 Å². The second-order valence-corrected chi connectivity index (χ2v) is 26.1. The predicted octanol–water partition coefficient (Wildman–Crippen LogP) is 21.8. The largest absolute Gasteiger partial charge is 0.394 e. The Morgan fingerprint density at radius 2 is 0.681 bits per heavy atom. The molecule has 0 aromatic rings. The molecule has 0 spiro atoms. The lowest BCUT2D eigenvalue weighted by molar-refractivity contribution is -0.302. The second-order valence-electron chi connectivity index (χ2n) is 26.1. The van der Waals surface area contributed by atoms with E-state index < -0.39 is 49.5 Å². The van der Waals surface area contributed by atoms with Crippen LogP contribution in [0.1, 0.15) is 335 Å². The highest BCUT2D eigenvalue weighted by atomic mass is 16.7. The molecular formula is C82H143NO8. The van der Waals surface area contributed by atoms with Crippen LogP contribution in [-0.4, -0.2) is 87.5 Å². The van der Waals surface area contributed by atoms with Crippen LogP contribution < -0.4 is 5.32 Å². The number of hydrogen-bond acceptors (Lipinski definition) is 8. The van der Waals surface area contributed by atoms with Crippen LogP contribution in [0.2, 0.25) is 0 Å². The van der Waals surface area contributed by atoms with Gasteiger partial charge in [0.1, 0.15) is 24.4 Å². The monoisotopic (exact) mass is 1270 g/mol. The van der Waals surface area contributed by atoms with Crippen molar-refractivity contribution in [3.05, 3.63) is 122 Å². The molecule has 1 aliphatic heterocycles. The summed E-state index contributed by atoms with van der Waals surface area (Å²) in [5.74, 6) is -0.153. The first-order valence-electron chi connectivity index (χ1n) is 38.2. The molecule has 9 heteroatoms. The Bertz CT molecular complexity index is 1860. The van der Waals surface area contributed by atoms with Gasteiger partial charge in [-0.3, -0.25) is 4.79 Å². The molecule has 1 aliphatic rings. The molecule has 7 unspecified atom stereocenters. The van der Waals surface area contributed by atoms with Crippen molar-refractivity contribution in [2.75, 3.05) is 13.2 Å². The van der Waals surface area contributed by atoms with E-state index in [0.717, 1.165) is 116 Å². The van der Waals surface area contributed by atoms with Gasteiger partial charge in [-0.2, -0.15) is 0 Å². The molecule has 1 fully saturated rings. The minimum atomic E-state index is -1.56. The Kier molecular flexibility index (Phi) is 65.3. The average Bonchev–Trinajstić information content (AvgIpc) is 1.33. The first-order valence-corrected chi connectivity index (χ1v) is 38.2. The quantitative estimate of drug-likeness (QED) is 0.0261. The third kappa shape index (κ3) is 57.7. The van der Waals surface area contributed by atoms with E-state index in [-0.39, 0.29) is 12.5 Å². The van der Waals surface area contributed by atoms with Crippen molar-refractivity contribution in [3.8, 4) is 0 Å². The van der Waals surface area contributed by atoms with Gasteiger partial charge in [-0.15, -0.1) is 0 Å². The molecule has 0 aromatic carbocycles. The van der Waals surface area contributed by atoms with E-state index in [9.17, 15) is 30.3 Å². The zero-order chi connectivity index (χ0) is 65.7. The SMILES string of the molecule is CC/C=C\C/C=C\C/C=C\C/C=C\C/C=C\C/C=C\C/C=C\C/C=C\C/C=C\C/C=C\CCCCCCCCCCC(=O)NC(COC1OC(CO)C(O)C(O)C1O)C(O)CCCCCCCCCCCCCCCCCCCCCCCCCCCCCCC. The summed E-state index contributed by atoms with van der Waals surface area (Å²) >= 11 is 0. The molecule has 91 heavy (non-hydrogen) atoms. The molecule has 0 radical (unpaired) electrons. The summed E-state index contributed by atoms with van der Waals surface area (Å²) in [4.78, 5) is 13.2. The minimum absolute atomic E-state index is 0.146. The average molecular weight is 1270 g/mol. The van der Waals surface area contributed by atoms with E-state index in [1.54, 1.807) is 0 Å². The number of rotatable bonds is 66. The molecule has 0 saturated carbocycles. The predicted molar refractivity (Wildman–Crippen MR) is 391 cm³/mol. The Morgan fingerprint density at radius 1 is 0.385 bits per heavy atom. The van der Waals surface area contributed by atoms with Crippen molar-refractivity contribution < 1.29 is 39.8 Å².